The molecule has 8 aromatic rings. The van der Waals surface area contributed by atoms with Gasteiger partial charge >= 0.3 is 0 Å². The second kappa shape index (κ2) is 6.87. The molecule has 0 aliphatic heterocycles. The summed E-state index contributed by atoms with van der Waals surface area (Å²) in [5.41, 5.74) is 9.25. The highest BCUT2D eigenvalue weighted by Gasteiger charge is 2.19. The summed E-state index contributed by atoms with van der Waals surface area (Å²) in [5.74, 6) is 0. The second-order valence-corrected chi connectivity index (χ2v) is 8.96. The van der Waals surface area contributed by atoms with Crippen molar-refractivity contribution >= 4 is 54.9 Å². The first-order valence-electron chi connectivity index (χ1n) is 11.8. The molecule has 0 spiro atoms. The summed E-state index contributed by atoms with van der Waals surface area (Å²) in [6, 6.07) is 40.0. The molecule has 0 saturated heterocycles. The van der Waals surface area contributed by atoms with Gasteiger partial charge in [-0.05, 0) is 48.0 Å². The fraction of sp³-hybridized carbons (Fsp3) is 0. The highest BCUT2D eigenvalue weighted by molar-refractivity contribution is 6.16. The number of hydrogen-bond donors (Lipinski definition) is 0. The smallest absolute Gasteiger partial charge is 0.161 e. The number of fused-ring (bicyclic) bond motifs is 8. The van der Waals surface area contributed by atoms with Crippen molar-refractivity contribution in [1.29, 1.82) is 0 Å². The van der Waals surface area contributed by atoms with Crippen LogP contribution in [0.25, 0.3) is 71.7 Å². The zero-order valence-electron chi connectivity index (χ0n) is 18.7. The Hall–Kier alpha value is -4.76. The fourth-order valence-electron chi connectivity index (χ4n) is 5.45. The van der Waals surface area contributed by atoms with Gasteiger partial charge in [0.1, 0.15) is 22.3 Å². The van der Waals surface area contributed by atoms with Crippen LogP contribution in [0.2, 0.25) is 0 Å². The van der Waals surface area contributed by atoms with Crippen LogP contribution in [-0.4, -0.2) is 4.57 Å². The van der Waals surface area contributed by atoms with Crippen LogP contribution < -0.4 is 0 Å². The van der Waals surface area contributed by atoms with Gasteiger partial charge in [-0.2, -0.15) is 0 Å². The lowest BCUT2D eigenvalue weighted by Crippen LogP contribution is -1.93. The van der Waals surface area contributed by atoms with Crippen LogP contribution in [0.1, 0.15) is 0 Å². The van der Waals surface area contributed by atoms with E-state index in [1.807, 2.05) is 24.3 Å². The van der Waals surface area contributed by atoms with E-state index in [2.05, 4.69) is 95.6 Å². The molecule has 35 heavy (non-hydrogen) atoms. The molecule has 0 bridgehead atoms. The zero-order chi connectivity index (χ0) is 22.9. The zero-order valence-corrected chi connectivity index (χ0v) is 18.7. The third kappa shape index (κ3) is 2.55. The standard InChI is InChI=1S/C32H19NO2/c1-4-13-27-25(9-1)32-30(26-10-3-6-15-29(26)35-32)33(27)21-18-16-20(17-19-21)22-11-7-12-24-23-8-2-5-14-28(23)34-31(22)24/h1-19H. The molecule has 0 aliphatic rings. The van der Waals surface area contributed by atoms with Crippen molar-refractivity contribution in [1.82, 2.24) is 4.57 Å². The van der Waals surface area contributed by atoms with E-state index in [-0.39, 0.29) is 0 Å². The van der Waals surface area contributed by atoms with Crippen LogP contribution in [0.3, 0.4) is 0 Å². The Morgan fingerprint density at radius 1 is 0.457 bits per heavy atom. The minimum Gasteiger partial charge on any atom is -0.455 e. The minimum absolute atomic E-state index is 0.908. The Labute approximate surface area is 200 Å². The van der Waals surface area contributed by atoms with Gasteiger partial charge in [0.25, 0.3) is 0 Å². The van der Waals surface area contributed by atoms with E-state index in [1.54, 1.807) is 0 Å². The molecule has 0 N–H and O–H groups in total. The molecule has 0 unspecified atom stereocenters. The Bertz CT molecular complexity index is 2050. The van der Waals surface area contributed by atoms with Gasteiger partial charge in [0.05, 0.1) is 5.52 Å². The molecular formula is C32H19NO2. The molecule has 8 rings (SSSR count). The van der Waals surface area contributed by atoms with Crippen molar-refractivity contribution in [3.8, 4) is 16.8 Å². The molecule has 0 aliphatic carbocycles. The minimum atomic E-state index is 0.908. The summed E-state index contributed by atoms with van der Waals surface area (Å²) in [4.78, 5) is 0. The van der Waals surface area contributed by atoms with E-state index in [0.29, 0.717) is 0 Å². The summed E-state index contributed by atoms with van der Waals surface area (Å²) in [5, 5.41) is 4.53. The Balaban J connectivity index is 1.35. The van der Waals surface area contributed by atoms with Gasteiger partial charge in [0.2, 0.25) is 0 Å². The largest absolute Gasteiger partial charge is 0.455 e. The lowest BCUT2D eigenvalue weighted by molar-refractivity contribution is 0.670. The highest BCUT2D eigenvalue weighted by atomic mass is 16.3. The number of hydrogen-bond acceptors (Lipinski definition) is 2. The van der Waals surface area contributed by atoms with Crippen LogP contribution in [0.4, 0.5) is 0 Å². The van der Waals surface area contributed by atoms with Crippen molar-refractivity contribution in [3.63, 3.8) is 0 Å². The fourth-order valence-corrected chi connectivity index (χ4v) is 5.45. The topological polar surface area (TPSA) is 31.2 Å². The van der Waals surface area contributed by atoms with Crippen molar-refractivity contribution in [2.24, 2.45) is 0 Å². The monoisotopic (exact) mass is 449 g/mol. The number of para-hydroxylation sites is 4. The van der Waals surface area contributed by atoms with Gasteiger partial charge in [-0.25, -0.2) is 0 Å². The number of aromatic nitrogens is 1. The third-order valence-corrected chi connectivity index (χ3v) is 7.02. The van der Waals surface area contributed by atoms with Crippen LogP contribution in [0, 0.1) is 0 Å². The first-order valence-corrected chi connectivity index (χ1v) is 11.8. The van der Waals surface area contributed by atoms with E-state index in [0.717, 1.165) is 71.7 Å². The second-order valence-electron chi connectivity index (χ2n) is 8.96. The molecule has 0 amide bonds. The van der Waals surface area contributed by atoms with Gasteiger partial charge in [-0.1, -0.05) is 72.8 Å². The highest BCUT2D eigenvalue weighted by Crippen LogP contribution is 2.40. The van der Waals surface area contributed by atoms with Crippen molar-refractivity contribution in [3.05, 3.63) is 115 Å². The molecule has 0 atom stereocenters. The summed E-state index contributed by atoms with van der Waals surface area (Å²) in [6.45, 7) is 0. The summed E-state index contributed by atoms with van der Waals surface area (Å²) in [7, 11) is 0. The summed E-state index contributed by atoms with van der Waals surface area (Å²) >= 11 is 0. The quantitative estimate of drug-likeness (QED) is 0.263. The lowest BCUT2D eigenvalue weighted by Gasteiger charge is -2.09. The van der Waals surface area contributed by atoms with E-state index < -0.39 is 0 Å². The normalized spacial score (nSPS) is 12.0. The van der Waals surface area contributed by atoms with Crippen molar-refractivity contribution < 1.29 is 8.83 Å². The maximum absolute atomic E-state index is 6.30. The first kappa shape index (κ1) is 18.6. The molecule has 0 saturated carbocycles. The van der Waals surface area contributed by atoms with Crippen LogP contribution in [0.5, 0.6) is 0 Å². The molecule has 3 heteroatoms. The molecular weight excluding hydrogens is 430 g/mol. The number of benzene rings is 5. The van der Waals surface area contributed by atoms with Crippen LogP contribution in [0.15, 0.2) is 124 Å². The van der Waals surface area contributed by atoms with E-state index in [1.165, 1.54) is 0 Å². The third-order valence-electron chi connectivity index (χ3n) is 7.02. The SMILES string of the molecule is c1ccc2c(c1)oc1c(-c3ccc(-n4c5ccccc5c5oc6ccccc6c54)cc3)cccc12. The summed E-state index contributed by atoms with van der Waals surface area (Å²) in [6.07, 6.45) is 0. The molecule has 3 heterocycles. The maximum Gasteiger partial charge on any atom is 0.161 e. The van der Waals surface area contributed by atoms with Gasteiger partial charge in [0, 0.05) is 32.8 Å². The summed E-state index contributed by atoms with van der Waals surface area (Å²) < 4.78 is 14.9. The molecule has 0 fully saturated rings. The number of furan rings is 2. The predicted octanol–water partition coefficient (Wildman–Crippen LogP) is 9.10. The maximum atomic E-state index is 6.30. The Morgan fingerprint density at radius 3 is 1.91 bits per heavy atom. The van der Waals surface area contributed by atoms with Crippen molar-refractivity contribution in [2.45, 2.75) is 0 Å². The van der Waals surface area contributed by atoms with Crippen molar-refractivity contribution in [2.75, 3.05) is 0 Å². The molecule has 5 aromatic carbocycles. The van der Waals surface area contributed by atoms with E-state index in [9.17, 15) is 0 Å². The predicted molar refractivity (Wildman–Crippen MR) is 143 cm³/mol. The Morgan fingerprint density at radius 2 is 1.09 bits per heavy atom. The van der Waals surface area contributed by atoms with E-state index in [4.69, 9.17) is 8.83 Å². The molecule has 0 radical (unpaired) electrons. The lowest BCUT2D eigenvalue weighted by atomic mass is 10.0. The molecule has 3 nitrogen and oxygen atoms in total. The number of rotatable bonds is 2. The van der Waals surface area contributed by atoms with Gasteiger partial charge < -0.3 is 13.4 Å². The number of nitrogens with zero attached hydrogens (tertiary/aromatic N) is 1. The van der Waals surface area contributed by atoms with Gasteiger partial charge in [0.15, 0.2) is 5.58 Å². The van der Waals surface area contributed by atoms with E-state index >= 15 is 0 Å². The first-order chi connectivity index (χ1) is 17.4. The average Bonchev–Trinajstić information content (AvgIpc) is 3.58. The molecule has 3 aromatic heterocycles. The Kier molecular flexibility index (Phi) is 3.66. The molecule has 164 valence electrons. The van der Waals surface area contributed by atoms with Crippen LogP contribution >= 0.6 is 0 Å². The van der Waals surface area contributed by atoms with Gasteiger partial charge in [-0.3, -0.25) is 0 Å². The average molecular weight is 450 g/mol. The van der Waals surface area contributed by atoms with Crippen LogP contribution in [-0.2, 0) is 0 Å². The van der Waals surface area contributed by atoms with Gasteiger partial charge in [-0.15, -0.1) is 0 Å².